The van der Waals surface area contributed by atoms with Gasteiger partial charge in [0.1, 0.15) is 5.78 Å². The molecule has 0 rings (SSSR count). The Hall–Kier alpha value is -0.900. The fraction of sp³-hybridized carbons (Fsp3) is 0.778. The molecule has 0 aromatic heterocycles. The van der Waals surface area contributed by atoms with Crippen molar-refractivity contribution in [2.75, 3.05) is 21.2 Å². The van der Waals surface area contributed by atoms with Crippen LogP contribution in [0, 0.1) is 0 Å². The maximum Gasteiger partial charge on any atom is 0.305 e. The lowest BCUT2D eigenvalue weighted by Gasteiger charge is -2.20. The van der Waals surface area contributed by atoms with Gasteiger partial charge >= 0.3 is 5.97 Å². The van der Waals surface area contributed by atoms with Gasteiger partial charge in [0.15, 0.2) is 0 Å². The van der Waals surface area contributed by atoms with Gasteiger partial charge in [0.25, 0.3) is 0 Å². The van der Waals surface area contributed by atoms with Gasteiger partial charge in [-0.3, -0.25) is 14.5 Å². The normalized spacial score (nSPS) is 12.7. The first-order chi connectivity index (χ1) is 5.99. The fourth-order valence-electron chi connectivity index (χ4n) is 1.18. The minimum absolute atomic E-state index is 0.0777. The fourth-order valence-corrected chi connectivity index (χ4v) is 1.18. The predicted octanol–water partition coefficient (Wildman–Crippen LogP) is 0.459. The van der Waals surface area contributed by atoms with E-state index in [1.165, 1.54) is 14.0 Å². The van der Waals surface area contributed by atoms with Gasteiger partial charge in [-0.05, 0) is 27.4 Å². The van der Waals surface area contributed by atoms with Crippen molar-refractivity contribution in [1.29, 1.82) is 0 Å². The van der Waals surface area contributed by atoms with E-state index in [-0.39, 0.29) is 17.8 Å². The van der Waals surface area contributed by atoms with E-state index in [1.54, 1.807) is 0 Å². The second-order valence-electron chi connectivity index (χ2n) is 3.20. The van der Waals surface area contributed by atoms with Crippen LogP contribution in [0.15, 0.2) is 0 Å². The SMILES string of the molecule is COC(=O)CCC(C(C)=O)N(C)C. The van der Waals surface area contributed by atoms with E-state index in [4.69, 9.17) is 0 Å². The Morgan fingerprint density at radius 1 is 1.38 bits per heavy atom. The average Bonchev–Trinajstić information content (AvgIpc) is 2.03. The molecular weight excluding hydrogens is 170 g/mol. The van der Waals surface area contributed by atoms with Gasteiger partial charge in [-0.15, -0.1) is 0 Å². The van der Waals surface area contributed by atoms with E-state index >= 15 is 0 Å². The van der Waals surface area contributed by atoms with Crippen LogP contribution >= 0.6 is 0 Å². The summed E-state index contributed by atoms with van der Waals surface area (Å²) in [5.41, 5.74) is 0. The van der Waals surface area contributed by atoms with Crippen LogP contribution in [0.4, 0.5) is 0 Å². The lowest BCUT2D eigenvalue weighted by atomic mass is 10.1. The molecule has 0 heterocycles. The smallest absolute Gasteiger partial charge is 0.305 e. The minimum Gasteiger partial charge on any atom is -0.469 e. The maximum absolute atomic E-state index is 11.1. The third-order valence-corrected chi connectivity index (χ3v) is 1.94. The van der Waals surface area contributed by atoms with Gasteiger partial charge in [0, 0.05) is 6.42 Å². The molecule has 0 bridgehead atoms. The number of ether oxygens (including phenoxy) is 1. The second-order valence-corrected chi connectivity index (χ2v) is 3.20. The number of hydrogen-bond acceptors (Lipinski definition) is 4. The van der Waals surface area contributed by atoms with Crippen molar-refractivity contribution in [2.45, 2.75) is 25.8 Å². The van der Waals surface area contributed by atoms with Crippen LogP contribution in [0.3, 0.4) is 0 Å². The molecule has 76 valence electrons. The van der Waals surface area contributed by atoms with E-state index in [2.05, 4.69) is 4.74 Å². The molecule has 0 N–H and O–H groups in total. The summed E-state index contributed by atoms with van der Waals surface area (Å²) in [5, 5.41) is 0. The quantitative estimate of drug-likeness (QED) is 0.587. The summed E-state index contributed by atoms with van der Waals surface area (Å²) >= 11 is 0. The van der Waals surface area contributed by atoms with Crippen molar-refractivity contribution in [3.05, 3.63) is 0 Å². The summed E-state index contributed by atoms with van der Waals surface area (Å²) in [5.74, 6) is -0.193. The average molecular weight is 187 g/mol. The third kappa shape index (κ3) is 4.62. The summed E-state index contributed by atoms with van der Waals surface area (Å²) in [6, 6.07) is -0.181. The Bertz CT molecular complexity index is 189. The molecule has 0 aliphatic heterocycles. The molecule has 0 aliphatic carbocycles. The number of carbonyl (C=O) groups is 2. The number of rotatable bonds is 5. The molecule has 0 saturated carbocycles. The molecule has 0 amide bonds. The van der Waals surface area contributed by atoms with Crippen molar-refractivity contribution in [3.63, 3.8) is 0 Å². The zero-order valence-electron chi connectivity index (χ0n) is 8.66. The van der Waals surface area contributed by atoms with Crippen LogP contribution < -0.4 is 0 Å². The van der Waals surface area contributed by atoms with Crippen LogP contribution in [0.25, 0.3) is 0 Å². The van der Waals surface area contributed by atoms with Crippen LogP contribution in [-0.4, -0.2) is 43.9 Å². The molecule has 0 saturated heterocycles. The van der Waals surface area contributed by atoms with Crippen molar-refractivity contribution >= 4 is 11.8 Å². The standard InChI is InChI=1S/C9H17NO3/c1-7(11)8(10(2)3)5-6-9(12)13-4/h8H,5-6H2,1-4H3. The zero-order chi connectivity index (χ0) is 10.4. The van der Waals surface area contributed by atoms with E-state index in [0.717, 1.165) is 0 Å². The number of likely N-dealkylation sites (N-methyl/N-ethyl adjacent to an activating group) is 1. The van der Waals surface area contributed by atoms with Crippen LogP contribution in [0.2, 0.25) is 0 Å². The zero-order valence-corrected chi connectivity index (χ0v) is 8.66. The van der Waals surface area contributed by atoms with Crippen molar-refractivity contribution < 1.29 is 14.3 Å². The predicted molar refractivity (Wildman–Crippen MR) is 49.4 cm³/mol. The number of nitrogens with zero attached hydrogens (tertiary/aromatic N) is 1. The molecule has 0 aliphatic rings. The highest BCUT2D eigenvalue weighted by atomic mass is 16.5. The van der Waals surface area contributed by atoms with Gasteiger partial charge in [-0.1, -0.05) is 0 Å². The van der Waals surface area contributed by atoms with Gasteiger partial charge in [-0.2, -0.15) is 0 Å². The van der Waals surface area contributed by atoms with Crippen molar-refractivity contribution in [3.8, 4) is 0 Å². The highest BCUT2D eigenvalue weighted by Gasteiger charge is 2.17. The topological polar surface area (TPSA) is 46.6 Å². The summed E-state index contributed by atoms with van der Waals surface area (Å²) in [6.45, 7) is 1.53. The van der Waals surface area contributed by atoms with Crippen molar-refractivity contribution in [1.82, 2.24) is 4.90 Å². The first-order valence-electron chi connectivity index (χ1n) is 4.22. The molecule has 1 atom stereocenters. The van der Waals surface area contributed by atoms with Gasteiger partial charge in [-0.25, -0.2) is 0 Å². The van der Waals surface area contributed by atoms with Gasteiger partial charge < -0.3 is 4.74 Å². The Morgan fingerprint density at radius 3 is 2.23 bits per heavy atom. The number of hydrogen-bond donors (Lipinski definition) is 0. The Kier molecular flexibility index (Phi) is 5.30. The summed E-state index contributed by atoms with van der Waals surface area (Å²) in [7, 11) is 4.99. The summed E-state index contributed by atoms with van der Waals surface area (Å²) < 4.78 is 4.49. The number of ketones is 1. The lowest BCUT2D eigenvalue weighted by Crippen LogP contribution is -2.34. The number of Topliss-reactive ketones (excluding diaryl/α,β-unsaturated/α-hetero) is 1. The number of carbonyl (C=O) groups excluding carboxylic acids is 2. The molecule has 4 nitrogen and oxygen atoms in total. The molecule has 13 heavy (non-hydrogen) atoms. The Balaban J connectivity index is 3.97. The van der Waals surface area contributed by atoms with Crippen molar-refractivity contribution in [2.24, 2.45) is 0 Å². The van der Waals surface area contributed by atoms with Gasteiger partial charge in [0.05, 0.1) is 13.2 Å². The lowest BCUT2D eigenvalue weighted by molar-refractivity contribution is -0.141. The summed E-state index contributed by atoms with van der Waals surface area (Å²) in [6.07, 6.45) is 0.813. The molecule has 0 spiro atoms. The largest absolute Gasteiger partial charge is 0.469 e. The maximum atomic E-state index is 11.1. The first kappa shape index (κ1) is 12.1. The molecule has 0 aromatic rings. The van der Waals surface area contributed by atoms with Crippen LogP contribution in [0.5, 0.6) is 0 Å². The molecule has 0 fully saturated rings. The monoisotopic (exact) mass is 187 g/mol. The molecular formula is C9H17NO3. The van der Waals surface area contributed by atoms with Crippen LogP contribution in [-0.2, 0) is 14.3 Å². The van der Waals surface area contributed by atoms with E-state index in [0.29, 0.717) is 12.8 Å². The highest BCUT2D eigenvalue weighted by molar-refractivity contribution is 5.82. The Morgan fingerprint density at radius 2 is 1.92 bits per heavy atom. The van der Waals surface area contributed by atoms with Crippen LogP contribution in [0.1, 0.15) is 19.8 Å². The highest BCUT2D eigenvalue weighted by Crippen LogP contribution is 2.05. The molecule has 0 radical (unpaired) electrons. The third-order valence-electron chi connectivity index (χ3n) is 1.94. The first-order valence-corrected chi connectivity index (χ1v) is 4.22. The molecule has 1 unspecified atom stereocenters. The number of esters is 1. The second kappa shape index (κ2) is 5.70. The number of methoxy groups -OCH3 is 1. The summed E-state index contributed by atoms with van der Waals surface area (Å²) in [4.78, 5) is 23.7. The van der Waals surface area contributed by atoms with E-state index < -0.39 is 0 Å². The molecule has 0 aromatic carbocycles. The van der Waals surface area contributed by atoms with E-state index in [1.807, 2.05) is 19.0 Å². The Labute approximate surface area is 78.9 Å². The minimum atomic E-state index is -0.270. The van der Waals surface area contributed by atoms with Gasteiger partial charge in [0.2, 0.25) is 0 Å². The molecule has 4 heteroatoms. The van der Waals surface area contributed by atoms with E-state index in [9.17, 15) is 9.59 Å².